The molecule has 0 bridgehead atoms. The second kappa shape index (κ2) is 6.57. The molecule has 3 aromatic rings. The van der Waals surface area contributed by atoms with Gasteiger partial charge in [-0.2, -0.15) is 0 Å². The molecule has 3 atom stereocenters. The third-order valence-electron chi connectivity index (χ3n) is 6.64. The maximum absolute atomic E-state index is 10.5. The summed E-state index contributed by atoms with van der Waals surface area (Å²) >= 11 is 0. The lowest BCUT2D eigenvalue weighted by atomic mass is 9.63. The zero-order valence-corrected chi connectivity index (χ0v) is 16.8. The zero-order chi connectivity index (χ0) is 21.9. The first-order valence-electron chi connectivity index (χ1n) is 10.1. The van der Waals surface area contributed by atoms with Gasteiger partial charge in [0.1, 0.15) is 0 Å². The zero-order valence-electron chi connectivity index (χ0n) is 16.8. The molecular weight excluding hydrogens is 392 g/mol. The summed E-state index contributed by atoms with van der Waals surface area (Å²) in [6.07, 6.45) is 8.18. The van der Waals surface area contributed by atoms with Crippen molar-refractivity contribution >= 4 is 0 Å². The van der Waals surface area contributed by atoms with Gasteiger partial charge in [-0.1, -0.05) is 54.6 Å². The van der Waals surface area contributed by atoms with Crippen LogP contribution in [0.1, 0.15) is 33.7 Å². The molecular formula is C26H22O5. The largest absolute Gasteiger partial charge is 0.504 e. The Morgan fingerprint density at radius 3 is 1.97 bits per heavy atom. The first-order chi connectivity index (χ1) is 14.9. The third-order valence-corrected chi connectivity index (χ3v) is 6.64. The maximum atomic E-state index is 10.5. The van der Waals surface area contributed by atoms with Gasteiger partial charge in [0, 0.05) is 11.8 Å². The highest BCUT2D eigenvalue weighted by Gasteiger charge is 2.53. The van der Waals surface area contributed by atoms with Crippen LogP contribution in [0.15, 0.2) is 72.8 Å². The molecule has 31 heavy (non-hydrogen) atoms. The first-order valence-corrected chi connectivity index (χ1v) is 10.1. The summed E-state index contributed by atoms with van der Waals surface area (Å²) in [7, 11) is 0. The summed E-state index contributed by atoms with van der Waals surface area (Å²) in [5, 5.41) is 51.4. The molecule has 0 spiro atoms. The van der Waals surface area contributed by atoms with Crippen molar-refractivity contribution in [3.8, 4) is 28.7 Å². The monoisotopic (exact) mass is 414 g/mol. The molecule has 0 fully saturated rings. The van der Waals surface area contributed by atoms with Crippen molar-refractivity contribution in [1.29, 1.82) is 0 Å². The Morgan fingerprint density at radius 2 is 1.29 bits per heavy atom. The molecule has 2 aliphatic carbocycles. The predicted molar refractivity (Wildman–Crippen MR) is 117 cm³/mol. The fraction of sp³-hybridized carbons (Fsp3) is 0.154. The van der Waals surface area contributed by atoms with Gasteiger partial charge in [0.2, 0.25) is 0 Å². The molecule has 156 valence electrons. The molecule has 0 saturated heterocycles. The van der Waals surface area contributed by atoms with Crippen LogP contribution in [0.3, 0.4) is 0 Å². The van der Waals surface area contributed by atoms with Crippen LogP contribution in [-0.4, -0.2) is 25.5 Å². The fourth-order valence-electron chi connectivity index (χ4n) is 5.33. The van der Waals surface area contributed by atoms with Crippen molar-refractivity contribution in [3.63, 3.8) is 0 Å². The van der Waals surface area contributed by atoms with E-state index >= 15 is 0 Å². The van der Waals surface area contributed by atoms with E-state index in [2.05, 4.69) is 18.2 Å². The molecule has 5 nitrogen and oxygen atoms in total. The van der Waals surface area contributed by atoms with E-state index in [0.29, 0.717) is 16.7 Å². The van der Waals surface area contributed by atoms with Crippen molar-refractivity contribution < 1.29 is 25.5 Å². The van der Waals surface area contributed by atoms with Gasteiger partial charge in [-0.05, 0) is 52.9 Å². The van der Waals surface area contributed by atoms with Gasteiger partial charge in [-0.15, -0.1) is 0 Å². The molecule has 5 N–H and O–H groups in total. The lowest BCUT2D eigenvalue weighted by Gasteiger charge is -2.39. The van der Waals surface area contributed by atoms with Crippen LogP contribution >= 0.6 is 0 Å². The van der Waals surface area contributed by atoms with Crippen LogP contribution in [-0.2, 0) is 5.41 Å². The number of aryl methyl sites for hydroxylation is 1. The van der Waals surface area contributed by atoms with E-state index in [-0.39, 0.29) is 23.3 Å². The number of hydrogen-bond donors (Lipinski definition) is 5. The lowest BCUT2D eigenvalue weighted by Crippen LogP contribution is -2.35. The van der Waals surface area contributed by atoms with E-state index in [1.165, 1.54) is 18.2 Å². The van der Waals surface area contributed by atoms with Crippen molar-refractivity contribution in [2.45, 2.75) is 18.3 Å². The highest BCUT2D eigenvalue weighted by Crippen LogP contribution is 2.61. The van der Waals surface area contributed by atoms with Crippen molar-refractivity contribution in [1.82, 2.24) is 0 Å². The number of allylic oxidation sites excluding steroid dienone is 4. The average Bonchev–Trinajstić information content (AvgIpc) is 3.06. The van der Waals surface area contributed by atoms with Gasteiger partial charge in [0.25, 0.3) is 0 Å². The number of hydrogen-bond acceptors (Lipinski definition) is 5. The number of phenols is 5. The minimum atomic E-state index is -0.888. The van der Waals surface area contributed by atoms with Crippen molar-refractivity contribution in [3.05, 3.63) is 101 Å². The molecule has 3 unspecified atom stereocenters. The smallest absolute Gasteiger partial charge is 0.200 e. The summed E-state index contributed by atoms with van der Waals surface area (Å²) in [6, 6.07) is 14.3. The summed E-state index contributed by atoms with van der Waals surface area (Å²) in [5.41, 5.74) is 2.98. The van der Waals surface area contributed by atoms with E-state index in [0.717, 1.165) is 11.1 Å². The van der Waals surface area contributed by atoms with E-state index < -0.39 is 22.7 Å². The standard InChI is InChI=1S/C26H22O5/c1-14-10-15(11-21(27)24(14)30)26(16-12-22(28)25(31)23(29)13-16)19-8-4-2-6-17(19)18-7-3-5-9-20(18)26/h2-13,17,19,27-31H,1H3. The van der Waals surface area contributed by atoms with Crippen LogP contribution in [0.25, 0.3) is 0 Å². The number of aromatic hydroxyl groups is 5. The second-order valence-corrected chi connectivity index (χ2v) is 8.24. The van der Waals surface area contributed by atoms with Crippen molar-refractivity contribution in [2.75, 3.05) is 0 Å². The Balaban J connectivity index is 1.94. The molecule has 0 amide bonds. The minimum Gasteiger partial charge on any atom is -0.504 e. The number of rotatable bonds is 2. The van der Waals surface area contributed by atoms with Gasteiger partial charge in [0.15, 0.2) is 28.7 Å². The first kappa shape index (κ1) is 19.1. The summed E-state index contributed by atoms with van der Waals surface area (Å²) < 4.78 is 0. The minimum absolute atomic E-state index is 0.0375. The van der Waals surface area contributed by atoms with Gasteiger partial charge in [-0.3, -0.25) is 0 Å². The van der Waals surface area contributed by atoms with Gasteiger partial charge < -0.3 is 25.5 Å². The Kier molecular flexibility index (Phi) is 4.05. The predicted octanol–water partition coefficient (Wildman–Crippen LogP) is 4.70. The van der Waals surface area contributed by atoms with E-state index in [1.54, 1.807) is 6.92 Å². The van der Waals surface area contributed by atoms with Crippen molar-refractivity contribution in [2.24, 2.45) is 5.92 Å². The Labute approximate surface area is 179 Å². The molecule has 0 saturated carbocycles. The molecule has 5 rings (SSSR count). The summed E-state index contributed by atoms with van der Waals surface area (Å²) in [4.78, 5) is 0. The number of phenolic OH excluding ortho intramolecular Hbond substituents is 5. The topological polar surface area (TPSA) is 101 Å². The normalized spacial score (nSPS) is 23.5. The van der Waals surface area contributed by atoms with Crippen LogP contribution in [0, 0.1) is 12.8 Å². The lowest BCUT2D eigenvalue weighted by molar-refractivity contribution is 0.363. The molecule has 0 radical (unpaired) electrons. The summed E-state index contributed by atoms with van der Waals surface area (Å²) in [6.45, 7) is 1.72. The third kappa shape index (κ3) is 2.49. The molecule has 3 aromatic carbocycles. The van der Waals surface area contributed by atoms with Gasteiger partial charge in [-0.25, -0.2) is 0 Å². The second-order valence-electron chi connectivity index (χ2n) is 8.24. The molecule has 5 heteroatoms. The Morgan fingerprint density at radius 1 is 0.710 bits per heavy atom. The maximum Gasteiger partial charge on any atom is 0.200 e. The molecule has 2 aliphatic rings. The van der Waals surface area contributed by atoms with Crippen LogP contribution in [0.2, 0.25) is 0 Å². The number of benzene rings is 3. The van der Waals surface area contributed by atoms with Crippen LogP contribution in [0.5, 0.6) is 28.7 Å². The van der Waals surface area contributed by atoms with Gasteiger partial charge in [0.05, 0.1) is 5.41 Å². The molecule has 0 aliphatic heterocycles. The van der Waals surface area contributed by atoms with E-state index in [1.807, 2.05) is 36.4 Å². The van der Waals surface area contributed by atoms with Gasteiger partial charge >= 0.3 is 0 Å². The molecule has 0 heterocycles. The highest BCUT2D eigenvalue weighted by molar-refractivity contribution is 5.67. The highest BCUT2D eigenvalue weighted by atomic mass is 16.3. The van der Waals surface area contributed by atoms with E-state index in [4.69, 9.17) is 0 Å². The Hall–Kier alpha value is -3.86. The van der Waals surface area contributed by atoms with Crippen LogP contribution in [0.4, 0.5) is 0 Å². The summed E-state index contributed by atoms with van der Waals surface area (Å²) in [5.74, 6) is -1.94. The van der Waals surface area contributed by atoms with Crippen LogP contribution < -0.4 is 0 Å². The SMILES string of the molecule is Cc1cc(C2(c3cc(O)c(O)c(O)c3)c3ccccc3C3C=CC=CC32)cc(O)c1O. The quantitative estimate of drug-likeness (QED) is 0.392. The fourth-order valence-corrected chi connectivity index (χ4v) is 5.33. The molecule has 0 aromatic heterocycles. The van der Waals surface area contributed by atoms with E-state index in [9.17, 15) is 25.5 Å². The average molecular weight is 414 g/mol. The Bertz CT molecular complexity index is 1170. The number of fused-ring (bicyclic) bond motifs is 3.